The Balaban J connectivity index is 1.74. The number of thiazole rings is 1. The first kappa shape index (κ1) is 14.3. The Hall–Kier alpha value is -0.650. The average molecular weight is 295 g/mol. The van der Waals surface area contributed by atoms with Crippen LogP contribution in [0.1, 0.15) is 43.7 Å². The molecule has 0 bridgehead atoms. The van der Waals surface area contributed by atoms with Gasteiger partial charge in [0.25, 0.3) is 0 Å². The van der Waals surface area contributed by atoms with Crippen LogP contribution in [0.25, 0.3) is 0 Å². The van der Waals surface area contributed by atoms with Gasteiger partial charge < -0.3 is 15.0 Å². The van der Waals surface area contributed by atoms with Crippen molar-refractivity contribution in [3.8, 4) is 0 Å². The molecule has 1 saturated heterocycles. The fourth-order valence-corrected chi connectivity index (χ4v) is 3.87. The van der Waals surface area contributed by atoms with Crippen molar-refractivity contribution < 1.29 is 4.74 Å². The summed E-state index contributed by atoms with van der Waals surface area (Å²) in [5.74, 6) is 0. The molecular weight excluding hydrogens is 270 g/mol. The molecule has 2 heterocycles. The van der Waals surface area contributed by atoms with Crippen molar-refractivity contribution in [3.63, 3.8) is 0 Å². The van der Waals surface area contributed by atoms with Gasteiger partial charge in [-0.1, -0.05) is 13.8 Å². The number of aryl methyl sites for hydroxylation is 1. The van der Waals surface area contributed by atoms with Gasteiger partial charge in [0.05, 0.1) is 24.9 Å². The number of nitrogens with zero attached hydrogens (tertiary/aromatic N) is 2. The zero-order chi connectivity index (χ0) is 13.9. The summed E-state index contributed by atoms with van der Waals surface area (Å²) in [6, 6.07) is 1.25. The van der Waals surface area contributed by atoms with Crippen molar-refractivity contribution in [2.45, 2.75) is 58.2 Å². The third kappa shape index (κ3) is 3.15. The fourth-order valence-electron chi connectivity index (χ4n) is 2.68. The van der Waals surface area contributed by atoms with Gasteiger partial charge >= 0.3 is 0 Å². The summed E-state index contributed by atoms with van der Waals surface area (Å²) in [4.78, 5) is 8.78. The van der Waals surface area contributed by atoms with E-state index < -0.39 is 0 Å². The summed E-state index contributed by atoms with van der Waals surface area (Å²) >= 11 is 1.88. The number of hydrogen-bond donors (Lipinski definition) is 1. The lowest BCUT2D eigenvalue weighted by Crippen LogP contribution is -2.45. The number of nitrogens with one attached hydrogen (secondary N) is 1. The number of rotatable bonds is 6. The Bertz CT molecular complexity index is 444. The lowest BCUT2D eigenvalue weighted by molar-refractivity contribution is 0.0929. The zero-order valence-corrected chi connectivity index (χ0v) is 13.3. The predicted octanol–water partition coefficient (Wildman–Crippen LogP) is 2.57. The summed E-state index contributed by atoms with van der Waals surface area (Å²) in [7, 11) is 0. The van der Waals surface area contributed by atoms with E-state index in [0.29, 0.717) is 6.04 Å². The molecule has 20 heavy (non-hydrogen) atoms. The summed E-state index contributed by atoms with van der Waals surface area (Å²) in [5.41, 5.74) is 1.28. The molecule has 1 aromatic rings. The van der Waals surface area contributed by atoms with Crippen molar-refractivity contribution in [2.75, 3.05) is 24.7 Å². The molecule has 5 heteroatoms. The molecule has 1 saturated carbocycles. The van der Waals surface area contributed by atoms with Gasteiger partial charge in [-0.3, -0.25) is 0 Å². The van der Waals surface area contributed by atoms with Gasteiger partial charge in [0.1, 0.15) is 0 Å². The molecule has 112 valence electrons. The van der Waals surface area contributed by atoms with E-state index in [1.54, 1.807) is 0 Å². The summed E-state index contributed by atoms with van der Waals surface area (Å²) in [6.07, 6.45) is 4.83. The summed E-state index contributed by atoms with van der Waals surface area (Å²) < 4.78 is 5.60. The molecule has 2 aliphatic rings. The average Bonchev–Trinajstić information content (AvgIpc) is 3.23. The van der Waals surface area contributed by atoms with Gasteiger partial charge in [-0.15, -0.1) is 11.3 Å². The fraction of sp³-hybridized carbons (Fsp3) is 0.800. The number of morpholine rings is 1. The minimum Gasteiger partial charge on any atom is -0.377 e. The van der Waals surface area contributed by atoms with Crippen molar-refractivity contribution in [2.24, 2.45) is 0 Å². The molecule has 0 spiro atoms. The Morgan fingerprint density at radius 3 is 2.95 bits per heavy atom. The maximum atomic E-state index is 5.60. The van der Waals surface area contributed by atoms with Gasteiger partial charge in [0.2, 0.25) is 0 Å². The molecule has 1 N–H and O–H groups in total. The quantitative estimate of drug-likeness (QED) is 0.875. The molecule has 0 amide bonds. The van der Waals surface area contributed by atoms with Crippen LogP contribution in [0.2, 0.25) is 0 Å². The maximum absolute atomic E-state index is 5.60. The van der Waals surface area contributed by atoms with Crippen LogP contribution in [0.15, 0.2) is 0 Å². The largest absolute Gasteiger partial charge is 0.377 e. The van der Waals surface area contributed by atoms with Gasteiger partial charge in [-0.2, -0.15) is 0 Å². The minimum atomic E-state index is 0.490. The molecule has 0 aromatic carbocycles. The predicted molar refractivity (Wildman–Crippen MR) is 83.6 cm³/mol. The lowest BCUT2D eigenvalue weighted by atomic mass is 10.2. The van der Waals surface area contributed by atoms with Crippen molar-refractivity contribution in [1.29, 1.82) is 0 Å². The zero-order valence-electron chi connectivity index (χ0n) is 12.5. The molecule has 4 nitrogen and oxygen atoms in total. The van der Waals surface area contributed by atoms with E-state index in [-0.39, 0.29) is 0 Å². The molecule has 1 aliphatic heterocycles. The van der Waals surface area contributed by atoms with E-state index in [1.165, 1.54) is 28.5 Å². The summed E-state index contributed by atoms with van der Waals surface area (Å²) in [6.45, 7) is 8.07. The van der Waals surface area contributed by atoms with Gasteiger partial charge in [-0.05, 0) is 25.7 Å². The molecular formula is C15H25N3OS. The minimum absolute atomic E-state index is 0.490. The van der Waals surface area contributed by atoms with Gasteiger partial charge in [0.15, 0.2) is 5.13 Å². The van der Waals surface area contributed by atoms with E-state index in [2.05, 4.69) is 24.1 Å². The Morgan fingerprint density at radius 2 is 2.25 bits per heavy atom. The highest BCUT2D eigenvalue weighted by Crippen LogP contribution is 2.30. The molecule has 1 aliphatic carbocycles. The molecule has 3 rings (SSSR count). The van der Waals surface area contributed by atoms with E-state index in [0.717, 1.165) is 45.2 Å². The number of anilines is 1. The highest BCUT2D eigenvalue weighted by atomic mass is 32.1. The van der Waals surface area contributed by atoms with Gasteiger partial charge in [0, 0.05) is 24.0 Å². The Labute approximate surface area is 125 Å². The van der Waals surface area contributed by atoms with Crippen LogP contribution < -0.4 is 10.2 Å². The summed E-state index contributed by atoms with van der Waals surface area (Å²) in [5, 5.41) is 4.81. The molecule has 1 aromatic heterocycles. The van der Waals surface area contributed by atoms with Crippen LogP contribution >= 0.6 is 11.3 Å². The molecule has 0 radical (unpaired) electrons. The maximum Gasteiger partial charge on any atom is 0.186 e. The van der Waals surface area contributed by atoms with Gasteiger partial charge in [-0.25, -0.2) is 4.98 Å². The molecule has 1 unspecified atom stereocenters. The second-order valence-electron chi connectivity index (χ2n) is 5.71. The first-order valence-electron chi connectivity index (χ1n) is 7.88. The second kappa shape index (κ2) is 6.41. The van der Waals surface area contributed by atoms with Crippen LogP contribution in [0, 0.1) is 0 Å². The van der Waals surface area contributed by atoms with Crippen LogP contribution in [0.4, 0.5) is 5.13 Å². The van der Waals surface area contributed by atoms with E-state index in [4.69, 9.17) is 9.72 Å². The lowest BCUT2D eigenvalue weighted by Gasteiger charge is -2.34. The number of aromatic nitrogens is 1. The number of ether oxygens (including phenoxy) is 1. The van der Waals surface area contributed by atoms with E-state index >= 15 is 0 Å². The smallest absolute Gasteiger partial charge is 0.186 e. The highest BCUT2D eigenvalue weighted by Gasteiger charge is 2.26. The monoisotopic (exact) mass is 295 g/mol. The Morgan fingerprint density at radius 1 is 1.40 bits per heavy atom. The SMILES string of the molecule is CCc1nc(N2CCOCC2CC)sc1CNC1CC1. The first-order valence-corrected chi connectivity index (χ1v) is 8.69. The molecule has 1 atom stereocenters. The molecule has 2 fully saturated rings. The topological polar surface area (TPSA) is 37.4 Å². The third-order valence-electron chi connectivity index (χ3n) is 4.17. The van der Waals surface area contributed by atoms with Crippen LogP contribution in [-0.2, 0) is 17.7 Å². The standard InChI is InChI=1S/C15H25N3OS/c1-3-12-10-19-8-7-18(12)15-17-13(4-2)14(20-15)9-16-11-5-6-11/h11-12,16H,3-10H2,1-2H3. The number of hydrogen-bond acceptors (Lipinski definition) is 5. The van der Waals surface area contributed by atoms with E-state index in [1.807, 2.05) is 11.3 Å². The van der Waals surface area contributed by atoms with Crippen molar-refractivity contribution in [3.05, 3.63) is 10.6 Å². The first-order chi connectivity index (χ1) is 9.81. The Kier molecular flexibility index (Phi) is 4.58. The van der Waals surface area contributed by atoms with Crippen molar-refractivity contribution in [1.82, 2.24) is 10.3 Å². The van der Waals surface area contributed by atoms with E-state index in [9.17, 15) is 0 Å². The second-order valence-corrected chi connectivity index (χ2v) is 6.77. The van der Waals surface area contributed by atoms with Crippen LogP contribution in [0.3, 0.4) is 0 Å². The van der Waals surface area contributed by atoms with Crippen LogP contribution in [0.5, 0.6) is 0 Å². The van der Waals surface area contributed by atoms with Crippen LogP contribution in [-0.4, -0.2) is 36.8 Å². The normalized spacial score (nSPS) is 23.3. The highest BCUT2D eigenvalue weighted by molar-refractivity contribution is 7.15. The third-order valence-corrected chi connectivity index (χ3v) is 5.31. The van der Waals surface area contributed by atoms with Crippen molar-refractivity contribution >= 4 is 16.5 Å².